The van der Waals surface area contributed by atoms with E-state index in [2.05, 4.69) is 38.8 Å². The second kappa shape index (κ2) is 7.78. The van der Waals surface area contributed by atoms with Crippen LogP contribution in [0.5, 0.6) is 5.75 Å². The average Bonchev–Trinajstić information content (AvgIpc) is 3.27. The monoisotopic (exact) mass is 491 g/mol. The van der Waals surface area contributed by atoms with Gasteiger partial charge in [-0.25, -0.2) is 4.79 Å². The Morgan fingerprint density at radius 1 is 1.17 bits per heavy atom. The lowest BCUT2D eigenvalue weighted by Gasteiger charge is -2.68. The molecule has 36 heavy (non-hydrogen) atoms. The van der Waals surface area contributed by atoms with Gasteiger partial charge in [0, 0.05) is 47.9 Å². The number of aliphatic hydroxyl groups excluding tert-OH is 2. The molecule has 0 saturated heterocycles. The predicted octanol–water partition coefficient (Wildman–Crippen LogP) is 4.92. The number of rotatable bonds is 2. The summed E-state index contributed by atoms with van der Waals surface area (Å²) in [6, 6.07) is 5.53. The van der Waals surface area contributed by atoms with Gasteiger partial charge in [0.05, 0.1) is 11.7 Å². The van der Waals surface area contributed by atoms with Crippen LogP contribution in [0.1, 0.15) is 65.4 Å². The average molecular weight is 492 g/mol. The van der Waals surface area contributed by atoms with Crippen molar-refractivity contribution >= 4 is 0 Å². The third kappa shape index (κ3) is 2.91. The first kappa shape index (κ1) is 23.9. The van der Waals surface area contributed by atoms with Gasteiger partial charge >= 0.3 is 5.63 Å². The van der Waals surface area contributed by atoms with Crippen LogP contribution in [-0.4, -0.2) is 33.5 Å². The Labute approximate surface area is 212 Å². The topological polar surface area (TPSA) is 92.8 Å². The minimum absolute atomic E-state index is 0.108. The molecule has 6 atom stereocenters. The normalized spacial score (nSPS) is 38.5. The van der Waals surface area contributed by atoms with E-state index in [1.165, 1.54) is 0 Å². The van der Waals surface area contributed by atoms with Crippen LogP contribution in [-0.2, 0) is 6.42 Å². The molecule has 0 radical (unpaired) electrons. The summed E-state index contributed by atoms with van der Waals surface area (Å²) in [6.45, 7) is 8.89. The highest BCUT2D eigenvalue weighted by Crippen LogP contribution is 2.70. The lowest BCUT2D eigenvalue weighted by Crippen LogP contribution is -2.68. The molecule has 0 unspecified atom stereocenters. The number of pyridine rings is 1. The summed E-state index contributed by atoms with van der Waals surface area (Å²) in [6.07, 6.45) is 9.99. The summed E-state index contributed by atoms with van der Waals surface area (Å²) in [5.41, 5.74) is 0.656. The number of aromatic nitrogens is 1. The van der Waals surface area contributed by atoms with Gasteiger partial charge in [0.15, 0.2) is 0 Å². The van der Waals surface area contributed by atoms with Crippen LogP contribution in [0.4, 0.5) is 0 Å². The number of nitrogens with zero attached hydrogens (tertiary/aromatic N) is 1. The Balaban J connectivity index is 1.45. The first-order valence-corrected chi connectivity index (χ1v) is 13.3. The smallest absolute Gasteiger partial charge is 0.343 e. The van der Waals surface area contributed by atoms with E-state index in [1.54, 1.807) is 12.4 Å². The number of hydrogen-bond donors (Lipinski definition) is 2. The summed E-state index contributed by atoms with van der Waals surface area (Å²) in [7, 11) is 0. The summed E-state index contributed by atoms with van der Waals surface area (Å²) in [5.74, 6) is 1.47. The molecule has 2 N–H and O–H groups in total. The van der Waals surface area contributed by atoms with Crippen molar-refractivity contribution in [1.29, 1.82) is 0 Å². The highest BCUT2D eigenvalue weighted by atomic mass is 16.5. The molecule has 6 nitrogen and oxygen atoms in total. The zero-order chi connectivity index (χ0) is 25.5. The van der Waals surface area contributed by atoms with Crippen molar-refractivity contribution in [3.8, 4) is 17.1 Å². The van der Waals surface area contributed by atoms with Crippen LogP contribution in [0.3, 0.4) is 0 Å². The first-order valence-electron chi connectivity index (χ1n) is 13.3. The molecule has 2 fully saturated rings. The van der Waals surface area contributed by atoms with Gasteiger partial charge in [0.2, 0.25) is 0 Å². The van der Waals surface area contributed by atoms with E-state index in [9.17, 15) is 15.0 Å². The van der Waals surface area contributed by atoms with Gasteiger partial charge < -0.3 is 19.4 Å². The largest absolute Gasteiger partial charge is 0.481 e. The van der Waals surface area contributed by atoms with Gasteiger partial charge in [-0.3, -0.25) is 4.98 Å². The standard InChI is InChI=1S/C30H37NO5/c1-18-7-8-24-28(4,11-9-23-27(2,3)25(33)10-12-29(23,24)17-32)30(18)15-20-22(36-30)14-21(35-26(20)34)19-6-5-13-31-16-19/h5-7,13-14,16,23-25,32-33H,8-12,15,17H2,1-4H3/t23-,24-,25-,28+,29+,30-/m0/s1. The van der Waals surface area contributed by atoms with Crippen molar-refractivity contribution in [2.24, 2.45) is 28.1 Å². The van der Waals surface area contributed by atoms with Crippen molar-refractivity contribution in [3.05, 3.63) is 58.2 Å². The predicted molar refractivity (Wildman–Crippen MR) is 137 cm³/mol. The van der Waals surface area contributed by atoms with E-state index < -0.39 is 5.60 Å². The van der Waals surface area contributed by atoms with Crippen molar-refractivity contribution in [2.45, 2.75) is 77.9 Å². The summed E-state index contributed by atoms with van der Waals surface area (Å²) in [5, 5.41) is 21.9. The van der Waals surface area contributed by atoms with Crippen molar-refractivity contribution in [1.82, 2.24) is 4.98 Å². The van der Waals surface area contributed by atoms with E-state index in [0.29, 0.717) is 29.9 Å². The molecule has 0 aromatic carbocycles. The van der Waals surface area contributed by atoms with Crippen LogP contribution in [0.2, 0.25) is 0 Å². The van der Waals surface area contributed by atoms with Gasteiger partial charge in [-0.2, -0.15) is 0 Å². The fraction of sp³-hybridized carbons (Fsp3) is 0.600. The van der Waals surface area contributed by atoms with Crippen molar-refractivity contribution in [3.63, 3.8) is 0 Å². The Morgan fingerprint density at radius 3 is 2.69 bits per heavy atom. The summed E-state index contributed by atoms with van der Waals surface area (Å²) in [4.78, 5) is 17.4. The number of allylic oxidation sites excluding steroid dienone is 1. The molecule has 2 saturated carbocycles. The van der Waals surface area contributed by atoms with E-state index in [0.717, 1.165) is 36.8 Å². The number of aliphatic hydroxyl groups is 2. The van der Waals surface area contributed by atoms with Gasteiger partial charge in [-0.15, -0.1) is 0 Å². The maximum atomic E-state index is 13.2. The number of fused-ring (bicyclic) bond motifs is 5. The Kier molecular flexibility index (Phi) is 5.17. The first-order chi connectivity index (χ1) is 17.1. The second-order valence-electron chi connectivity index (χ2n) is 12.5. The second-order valence-corrected chi connectivity index (χ2v) is 12.5. The zero-order valence-electron chi connectivity index (χ0n) is 21.7. The van der Waals surface area contributed by atoms with Crippen LogP contribution in [0, 0.1) is 28.1 Å². The van der Waals surface area contributed by atoms with Crippen LogP contribution in [0.15, 0.2) is 51.5 Å². The molecule has 2 aromatic heterocycles. The minimum Gasteiger partial charge on any atom is -0.481 e. The van der Waals surface area contributed by atoms with Gasteiger partial charge in [-0.1, -0.05) is 26.8 Å². The SMILES string of the molecule is CC1=CC[C@@H]2[C@@]3(CO)CC[C@H](O)C(C)(C)[C@@H]3CC[C@@]2(C)[C@]12Cc1c(cc(-c3cccnc3)oc1=O)O2. The minimum atomic E-state index is -0.659. The molecule has 0 amide bonds. The van der Waals surface area contributed by atoms with Crippen molar-refractivity contribution in [2.75, 3.05) is 6.61 Å². The van der Waals surface area contributed by atoms with Crippen LogP contribution >= 0.6 is 0 Å². The number of hydrogen-bond acceptors (Lipinski definition) is 6. The maximum Gasteiger partial charge on any atom is 0.343 e. The van der Waals surface area contributed by atoms with E-state index in [1.807, 2.05) is 18.2 Å². The maximum absolute atomic E-state index is 13.2. The highest BCUT2D eigenvalue weighted by Gasteiger charge is 2.69. The third-order valence-corrected chi connectivity index (χ3v) is 10.9. The van der Waals surface area contributed by atoms with Gasteiger partial charge in [-0.05, 0) is 74.0 Å². The molecular weight excluding hydrogens is 454 g/mol. The Bertz CT molecular complexity index is 1280. The lowest BCUT2D eigenvalue weighted by molar-refractivity contribution is -0.223. The van der Waals surface area contributed by atoms with Crippen LogP contribution in [0.25, 0.3) is 11.3 Å². The molecule has 1 spiro atoms. The molecule has 1 aliphatic heterocycles. The molecule has 2 aromatic rings. The van der Waals surface area contributed by atoms with E-state index >= 15 is 0 Å². The Morgan fingerprint density at radius 2 is 1.97 bits per heavy atom. The van der Waals surface area contributed by atoms with Crippen molar-refractivity contribution < 1.29 is 19.4 Å². The zero-order valence-corrected chi connectivity index (χ0v) is 21.7. The third-order valence-electron chi connectivity index (χ3n) is 10.9. The summed E-state index contributed by atoms with van der Waals surface area (Å²) >= 11 is 0. The number of ether oxygens (including phenoxy) is 1. The lowest BCUT2D eigenvalue weighted by atomic mass is 9.38. The summed E-state index contributed by atoms with van der Waals surface area (Å²) < 4.78 is 12.7. The molecular formula is C30H37NO5. The Hall–Kier alpha value is -2.44. The quantitative estimate of drug-likeness (QED) is 0.580. The van der Waals surface area contributed by atoms with Crippen LogP contribution < -0.4 is 10.4 Å². The molecule has 6 rings (SSSR count). The van der Waals surface area contributed by atoms with Gasteiger partial charge in [0.25, 0.3) is 0 Å². The molecule has 3 aliphatic carbocycles. The van der Waals surface area contributed by atoms with E-state index in [-0.39, 0.29) is 46.4 Å². The molecule has 4 aliphatic rings. The molecule has 0 bridgehead atoms. The fourth-order valence-corrected chi connectivity index (χ4v) is 8.85. The molecule has 192 valence electrons. The van der Waals surface area contributed by atoms with E-state index in [4.69, 9.17) is 9.15 Å². The molecule has 6 heteroatoms. The molecule has 3 heterocycles. The van der Waals surface area contributed by atoms with Gasteiger partial charge in [0.1, 0.15) is 17.1 Å². The highest BCUT2D eigenvalue weighted by molar-refractivity contribution is 5.59. The fourth-order valence-electron chi connectivity index (χ4n) is 8.85.